The highest BCUT2D eigenvalue weighted by atomic mass is 32.1. The van der Waals surface area contributed by atoms with E-state index in [-0.39, 0.29) is 0 Å². The first-order valence-corrected chi connectivity index (χ1v) is 6.89. The van der Waals surface area contributed by atoms with E-state index in [4.69, 9.17) is 5.84 Å². The third kappa shape index (κ3) is 2.44. The van der Waals surface area contributed by atoms with Crippen molar-refractivity contribution in [2.75, 3.05) is 0 Å². The van der Waals surface area contributed by atoms with Gasteiger partial charge < -0.3 is 0 Å². The third-order valence-electron chi connectivity index (χ3n) is 3.87. The molecule has 0 bridgehead atoms. The standard InChI is InChI=1S/C12H21N3S/c1-9-14-10(8-16-9)7-11(15-13)12(2)5-3-4-6-12/h8,11,15H,3-7,13H2,1-2H3. The van der Waals surface area contributed by atoms with Crippen molar-refractivity contribution < 1.29 is 0 Å². The number of nitrogens with two attached hydrogens (primary N) is 1. The normalized spacial score (nSPS) is 21.2. The van der Waals surface area contributed by atoms with Crippen LogP contribution in [0.3, 0.4) is 0 Å². The van der Waals surface area contributed by atoms with Crippen LogP contribution in [0.4, 0.5) is 0 Å². The lowest BCUT2D eigenvalue weighted by atomic mass is 9.79. The zero-order chi connectivity index (χ0) is 11.6. The van der Waals surface area contributed by atoms with E-state index in [1.165, 1.54) is 31.4 Å². The molecule has 1 aromatic rings. The summed E-state index contributed by atoms with van der Waals surface area (Å²) in [4.78, 5) is 4.52. The Morgan fingerprint density at radius 1 is 1.56 bits per heavy atom. The minimum Gasteiger partial charge on any atom is -0.271 e. The molecule has 4 heteroatoms. The van der Waals surface area contributed by atoms with Gasteiger partial charge in [-0.1, -0.05) is 19.8 Å². The Bertz CT molecular complexity index is 342. The van der Waals surface area contributed by atoms with Crippen molar-refractivity contribution in [3.05, 3.63) is 16.1 Å². The highest BCUT2D eigenvalue weighted by Gasteiger charge is 2.36. The van der Waals surface area contributed by atoms with Crippen LogP contribution in [0.1, 0.15) is 43.3 Å². The van der Waals surface area contributed by atoms with Gasteiger partial charge in [-0.05, 0) is 25.2 Å². The number of hydrogen-bond donors (Lipinski definition) is 2. The number of rotatable bonds is 4. The van der Waals surface area contributed by atoms with Gasteiger partial charge in [0.1, 0.15) is 0 Å². The lowest BCUT2D eigenvalue weighted by Gasteiger charge is -2.33. The van der Waals surface area contributed by atoms with Crippen LogP contribution >= 0.6 is 11.3 Å². The molecule has 0 radical (unpaired) electrons. The molecule has 2 rings (SSSR count). The second kappa shape index (κ2) is 4.82. The van der Waals surface area contributed by atoms with Crippen molar-refractivity contribution in [3.8, 4) is 0 Å². The Balaban J connectivity index is 2.05. The number of hydrogen-bond acceptors (Lipinski definition) is 4. The molecule has 1 heterocycles. The van der Waals surface area contributed by atoms with Crippen LogP contribution in [0.5, 0.6) is 0 Å². The van der Waals surface area contributed by atoms with Crippen molar-refractivity contribution in [3.63, 3.8) is 0 Å². The maximum Gasteiger partial charge on any atom is 0.0897 e. The fraction of sp³-hybridized carbons (Fsp3) is 0.750. The van der Waals surface area contributed by atoms with E-state index in [1.807, 2.05) is 0 Å². The van der Waals surface area contributed by atoms with E-state index >= 15 is 0 Å². The Morgan fingerprint density at radius 3 is 2.75 bits per heavy atom. The van der Waals surface area contributed by atoms with Gasteiger partial charge in [0.25, 0.3) is 0 Å². The number of nitrogens with zero attached hydrogens (tertiary/aromatic N) is 1. The van der Waals surface area contributed by atoms with Gasteiger partial charge in [0, 0.05) is 17.8 Å². The molecular formula is C12H21N3S. The van der Waals surface area contributed by atoms with E-state index in [9.17, 15) is 0 Å². The molecular weight excluding hydrogens is 218 g/mol. The lowest BCUT2D eigenvalue weighted by Crippen LogP contribution is -2.47. The van der Waals surface area contributed by atoms with Gasteiger partial charge in [0.2, 0.25) is 0 Å². The Hall–Kier alpha value is -0.450. The predicted molar refractivity (Wildman–Crippen MR) is 68.2 cm³/mol. The largest absolute Gasteiger partial charge is 0.271 e. The summed E-state index contributed by atoms with van der Waals surface area (Å²) in [7, 11) is 0. The topological polar surface area (TPSA) is 50.9 Å². The highest BCUT2D eigenvalue weighted by molar-refractivity contribution is 7.09. The molecule has 0 saturated heterocycles. The lowest BCUT2D eigenvalue weighted by molar-refractivity contribution is 0.220. The summed E-state index contributed by atoms with van der Waals surface area (Å²) in [6.45, 7) is 4.40. The average Bonchev–Trinajstić information content (AvgIpc) is 2.85. The van der Waals surface area contributed by atoms with Crippen LogP contribution < -0.4 is 11.3 Å². The van der Waals surface area contributed by atoms with Crippen LogP contribution in [0.15, 0.2) is 5.38 Å². The first-order chi connectivity index (χ1) is 7.64. The zero-order valence-corrected chi connectivity index (χ0v) is 10.9. The Kier molecular flexibility index (Phi) is 3.62. The summed E-state index contributed by atoms with van der Waals surface area (Å²) in [5.41, 5.74) is 4.54. The molecule has 16 heavy (non-hydrogen) atoms. The molecule has 3 N–H and O–H groups in total. The van der Waals surface area contributed by atoms with Gasteiger partial charge in [-0.3, -0.25) is 11.3 Å². The first kappa shape index (κ1) is 12.0. The van der Waals surface area contributed by atoms with E-state index in [2.05, 4.69) is 29.6 Å². The molecule has 3 nitrogen and oxygen atoms in total. The van der Waals surface area contributed by atoms with E-state index in [0.717, 1.165) is 11.4 Å². The molecule has 0 spiro atoms. The molecule has 90 valence electrons. The number of aromatic nitrogens is 1. The summed E-state index contributed by atoms with van der Waals surface area (Å²) in [6.07, 6.45) is 6.20. The molecule has 1 atom stereocenters. The number of aryl methyl sites for hydroxylation is 1. The SMILES string of the molecule is Cc1nc(CC(NN)C2(C)CCCC2)cs1. The molecule has 0 aromatic carbocycles. The van der Waals surface area contributed by atoms with Crippen molar-refractivity contribution >= 4 is 11.3 Å². The van der Waals surface area contributed by atoms with E-state index < -0.39 is 0 Å². The molecule has 1 aromatic heterocycles. The number of thiazole rings is 1. The zero-order valence-electron chi connectivity index (χ0n) is 10.1. The van der Waals surface area contributed by atoms with Gasteiger partial charge in [-0.2, -0.15) is 0 Å². The summed E-state index contributed by atoms with van der Waals surface area (Å²) >= 11 is 1.72. The summed E-state index contributed by atoms with van der Waals surface area (Å²) in [5, 5.41) is 3.29. The summed E-state index contributed by atoms with van der Waals surface area (Å²) in [5.74, 6) is 5.72. The number of hydrazine groups is 1. The maximum absolute atomic E-state index is 5.72. The molecule has 0 aliphatic heterocycles. The second-order valence-electron chi connectivity index (χ2n) is 5.14. The molecule has 1 saturated carbocycles. The fourth-order valence-electron chi connectivity index (χ4n) is 2.75. The van der Waals surface area contributed by atoms with Crippen LogP contribution in [-0.4, -0.2) is 11.0 Å². The minimum absolute atomic E-state index is 0.353. The van der Waals surface area contributed by atoms with Crippen LogP contribution in [0.2, 0.25) is 0 Å². The van der Waals surface area contributed by atoms with Gasteiger partial charge in [0.05, 0.1) is 10.7 Å². The van der Waals surface area contributed by atoms with Crippen molar-refractivity contribution in [2.45, 2.75) is 52.0 Å². The highest BCUT2D eigenvalue weighted by Crippen LogP contribution is 2.41. The smallest absolute Gasteiger partial charge is 0.0897 e. The van der Waals surface area contributed by atoms with Gasteiger partial charge in [-0.25, -0.2) is 4.98 Å². The van der Waals surface area contributed by atoms with Crippen molar-refractivity contribution in [1.82, 2.24) is 10.4 Å². The fourth-order valence-corrected chi connectivity index (χ4v) is 3.37. The van der Waals surface area contributed by atoms with E-state index in [0.29, 0.717) is 11.5 Å². The second-order valence-corrected chi connectivity index (χ2v) is 6.20. The summed E-state index contributed by atoms with van der Waals surface area (Å²) in [6, 6.07) is 0.358. The third-order valence-corrected chi connectivity index (χ3v) is 4.69. The molecule has 1 aliphatic rings. The average molecular weight is 239 g/mol. The van der Waals surface area contributed by atoms with Gasteiger partial charge in [-0.15, -0.1) is 11.3 Å². The van der Waals surface area contributed by atoms with E-state index in [1.54, 1.807) is 11.3 Å². The molecule has 1 fully saturated rings. The van der Waals surface area contributed by atoms with Crippen molar-refractivity contribution in [2.24, 2.45) is 11.3 Å². The predicted octanol–water partition coefficient (Wildman–Crippen LogP) is 2.41. The minimum atomic E-state index is 0.353. The quantitative estimate of drug-likeness (QED) is 0.626. The maximum atomic E-state index is 5.72. The van der Waals surface area contributed by atoms with Crippen LogP contribution in [0.25, 0.3) is 0 Å². The Labute approximate surface area is 101 Å². The molecule has 1 unspecified atom stereocenters. The van der Waals surface area contributed by atoms with Gasteiger partial charge in [0.15, 0.2) is 0 Å². The first-order valence-electron chi connectivity index (χ1n) is 6.01. The monoisotopic (exact) mass is 239 g/mol. The molecule has 0 amide bonds. The van der Waals surface area contributed by atoms with Crippen molar-refractivity contribution in [1.29, 1.82) is 0 Å². The Morgan fingerprint density at radius 2 is 2.25 bits per heavy atom. The number of nitrogens with one attached hydrogen (secondary N) is 1. The molecule has 1 aliphatic carbocycles. The van der Waals surface area contributed by atoms with Crippen LogP contribution in [-0.2, 0) is 6.42 Å². The van der Waals surface area contributed by atoms with Gasteiger partial charge >= 0.3 is 0 Å². The van der Waals surface area contributed by atoms with Crippen LogP contribution in [0, 0.1) is 12.3 Å². The summed E-state index contributed by atoms with van der Waals surface area (Å²) < 4.78 is 0.